The van der Waals surface area contributed by atoms with Crippen molar-refractivity contribution in [1.29, 1.82) is 0 Å². The fraction of sp³-hybridized carbons (Fsp3) is 0.0233. The monoisotopic (exact) mass is 1230 g/mol. The van der Waals surface area contributed by atoms with Gasteiger partial charge in [-0.2, -0.15) is 0 Å². The quantitative estimate of drug-likeness (QED) is 0.161. The Balaban J connectivity index is 0.000000121. The molecule has 0 saturated carbocycles. The fourth-order valence-corrected chi connectivity index (χ4v) is 14.1. The molecule has 0 unspecified atom stereocenters. The molecule has 4 nitrogen and oxygen atoms in total. The topological polar surface area (TPSA) is 25.1 Å². The molecule has 1 N–H and O–H groups in total. The summed E-state index contributed by atoms with van der Waals surface area (Å²) in [5, 5.41) is 24.1. The molecule has 91 heavy (non-hydrogen) atoms. The van der Waals surface area contributed by atoms with Gasteiger partial charge in [0.05, 0.1) is 22.1 Å². The SMILES string of the molecule is Brc1ccc2c3ccccc3n(-c3ccccc3)c2c1.Cc1ccc(N(c2ccc3c4ccccc4c4ccccc4c3c2)c2ccc3c4ccccc4n(-c4ccccc4)c3c2)cc1.Cc1ccc(Nc2ccc3c4ccccc4c4ccccc4c3c2)cc1. The highest BCUT2D eigenvalue weighted by molar-refractivity contribution is 9.10. The van der Waals surface area contributed by atoms with Gasteiger partial charge in [0.2, 0.25) is 0 Å². The van der Waals surface area contributed by atoms with Crippen molar-refractivity contribution in [3.05, 3.63) is 343 Å². The summed E-state index contributed by atoms with van der Waals surface area (Å²) in [6, 6.07) is 118. The average Bonchev–Trinajstić information content (AvgIpc) is 1.87. The predicted molar refractivity (Wildman–Crippen MR) is 395 cm³/mol. The van der Waals surface area contributed by atoms with Gasteiger partial charge in [-0.05, 0) is 188 Å². The lowest BCUT2D eigenvalue weighted by Crippen LogP contribution is -2.10. The molecule has 0 aliphatic heterocycles. The zero-order chi connectivity index (χ0) is 60.9. The molecule has 0 saturated heterocycles. The maximum absolute atomic E-state index is 3.58. The van der Waals surface area contributed by atoms with Crippen molar-refractivity contribution in [2.45, 2.75) is 13.8 Å². The van der Waals surface area contributed by atoms with Crippen molar-refractivity contribution in [2.24, 2.45) is 0 Å². The van der Waals surface area contributed by atoms with Gasteiger partial charge in [-0.3, -0.25) is 0 Å². The van der Waals surface area contributed by atoms with E-state index >= 15 is 0 Å². The normalized spacial score (nSPS) is 11.5. The standard InChI is InChI=1S/C43H30N2.C25H19N.C18H12BrN/c1-29-19-21-31(22-20-29)44(32-23-25-38-36-15-6-5-13-34(36)35-14-7-8-16-37(35)41(38)27-32)33-24-26-40-39-17-9-10-18-42(39)45(43(40)28-33)30-11-3-2-4-12-30;1-17-10-12-18(13-11-17)26-19-14-15-24-22-8-3-2-6-20(22)21-7-4-5-9-23(21)25(24)16-19;19-13-10-11-16-15-8-4-5-9-17(15)20(18(16)12-13)14-6-2-1-3-7-14/h2-28H,1H3;2-16,26H,1H3;1-12H. The number of rotatable bonds is 7. The van der Waals surface area contributed by atoms with Crippen molar-refractivity contribution in [3.8, 4) is 11.4 Å². The third kappa shape index (κ3) is 10.1. The second kappa shape index (κ2) is 23.4. The van der Waals surface area contributed by atoms with E-state index in [9.17, 15) is 0 Å². The van der Waals surface area contributed by atoms with Crippen LogP contribution < -0.4 is 10.2 Å². The van der Waals surface area contributed by atoms with Crippen molar-refractivity contribution < 1.29 is 0 Å². The summed E-state index contributed by atoms with van der Waals surface area (Å²) >= 11 is 3.58. The predicted octanol–water partition coefficient (Wildman–Crippen LogP) is 24.8. The largest absolute Gasteiger partial charge is 0.356 e. The Morgan fingerprint density at radius 3 is 1.04 bits per heavy atom. The molecule has 0 fully saturated rings. The summed E-state index contributed by atoms with van der Waals surface area (Å²) in [6.07, 6.45) is 0. The maximum atomic E-state index is 3.58. The minimum absolute atomic E-state index is 1.10. The van der Waals surface area contributed by atoms with E-state index in [-0.39, 0.29) is 0 Å². The van der Waals surface area contributed by atoms with E-state index in [0.717, 1.165) is 38.6 Å². The summed E-state index contributed by atoms with van der Waals surface area (Å²) < 4.78 is 5.81. The minimum atomic E-state index is 1.10. The Labute approximate surface area is 536 Å². The van der Waals surface area contributed by atoms with Gasteiger partial charge < -0.3 is 19.4 Å². The van der Waals surface area contributed by atoms with Gasteiger partial charge in [0.25, 0.3) is 0 Å². The van der Waals surface area contributed by atoms with Crippen molar-refractivity contribution in [1.82, 2.24) is 9.13 Å². The van der Waals surface area contributed by atoms with Crippen LogP contribution in [0.5, 0.6) is 0 Å². The van der Waals surface area contributed by atoms with Crippen LogP contribution in [0.4, 0.5) is 28.4 Å². The number of para-hydroxylation sites is 4. The molecule has 0 bridgehead atoms. The molecule has 432 valence electrons. The summed E-state index contributed by atoms with van der Waals surface area (Å²) in [7, 11) is 0. The first-order chi connectivity index (χ1) is 44.9. The number of halogens is 1. The van der Waals surface area contributed by atoms with Gasteiger partial charge in [-0.25, -0.2) is 0 Å². The number of aryl methyl sites for hydroxylation is 2. The van der Waals surface area contributed by atoms with E-state index in [1.807, 2.05) is 6.07 Å². The lowest BCUT2D eigenvalue weighted by molar-refractivity contribution is 1.18. The van der Waals surface area contributed by atoms with Crippen molar-refractivity contribution in [2.75, 3.05) is 10.2 Å². The van der Waals surface area contributed by atoms with Crippen molar-refractivity contribution in [3.63, 3.8) is 0 Å². The van der Waals surface area contributed by atoms with Crippen LogP contribution in [0.1, 0.15) is 11.1 Å². The van der Waals surface area contributed by atoms with E-state index in [0.29, 0.717) is 0 Å². The van der Waals surface area contributed by atoms with Crippen LogP contribution in [0, 0.1) is 13.8 Å². The molecule has 0 spiro atoms. The van der Waals surface area contributed by atoms with Gasteiger partial charge in [0, 0.05) is 65.8 Å². The van der Waals surface area contributed by atoms with Gasteiger partial charge in [0.15, 0.2) is 0 Å². The van der Waals surface area contributed by atoms with Gasteiger partial charge in [0.1, 0.15) is 0 Å². The first-order valence-electron chi connectivity index (χ1n) is 31.1. The Hall–Kier alpha value is -11.2. The average molecular weight is 1230 g/mol. The molecular formula is C86H61BrN4. The summed E-state index contributed by atoms with van der Waals surface area (Å²) in [5.41, 5.74) is 15.3. The highest BCUT2D eigenvalue weighted by Gasteiger charge is 2.20. The zero-order valence-electron chi connectivity index (χ0n) is 50.4. The molecule has 18 aromatic rings. The van der Waals surface area contributed by atoms with E-state index in [4.69, 9.17) is 0 Å². The number of nitrogens with zero attached hydrogens (tertiary/aromatic N) is 3. The van der Waals surface area contributed by atoms with Gasteiger partial charge in [-0.1, -0.05) is 245 Å². The molecule has 0 radical (unpaired) electrons. The van der Waals surface area contributed by atoms with Crippen LogP contribution in [0.25, 0.3) is 120 Å². The van der Waals surface area contributed by atoms with Crippen molar-refractivity contribution >= 4 is 153 Å². The Morgan fingerprint density at radius 2 is 0.560 bits per heavy atom. The number of aromatic nitrogens is 2. The number of anilines is 5. The molecule has 18 rings (SSSR count). The molecule has 2 aromatic heterocycles. The first-order valence-corrected chi connectivity index (χ1v) is 31.9. The third-order valence-corrected chi connectivity index (χ3v) is 18.4. The number of nitrogens with one attached hydrogen (secondary N) is 1. The van der Waals surface area contributed by atoms with E-state index in [2.05, 4.69) is 371 Å². The minimum Gasteiger partial charge on any atom is -0.356 e. The van der Waals surface area contributed by atoms with Crippen LogP contribution in [0.2, 0.25) is 0 Å². The summed E-state index contributed by atoms with van der Waals surface area (Å²) in [4.78, 5) is 2.40. The molecule has 0 aliphatic carbocycles. The molecule has 2 heterocycles. The van der Waals surface area contributed by atoms with Crippen LogP contribution in [-0.2, 0) is 0 Å². The molecule has 0 amide bonds. The van der Waals surface area contributed by atoms with E-state index < -0.39 is 0 Å². The molecule has 16 aromatic carbocycles. The Morgan fingerprint density at radius 1 is 0.242 bits per heavy atom. The molecule has 0 aliphatic rings. The summed E-state index contributed by atoms with van der Waals surface area (Å²) in [6.45, 7) is 4.25. The van der Waals surface area contributed by atoms with Crippen LogP contribution >= 0.6 is 15.9 Å². The number of hydrogen-bond donors (Lipinski definition) is 1. The first kappa shape index (κ1) is 55.1. The Bertz CT molecular complexity index is 5700. The van der Waals surface area contributed by atoms with Gasteiger partial charge in [-0.15, -0.1) is 0 Å². The smallest absolute Gasteiger partial charge is 0.0561 e. The third-order valence-electron chi connectivity index (χ3n) is 17.9. The second-order valence-corrected chi connectivity index (χ2v) is 24.5. The number of hydrogen-bond acceptors (Lipinski definition) is 2. The number of fused-ring (bicyclic) bond motifs is 18. The van der Waals surface area contributed by atoms with Crippen LogP contribution in [-0.4, -0.2) is 9.13 Å². The fourth-order valence-electron chi connectivity index (χ4n) is 13.7. The van der Waals surface area contributed by atoms with Crippen LogP contribution in [0.3, 0.4) is 0 Å². The molecular weight excluding hydrogens is 1170 g/mol. The van der Waals surface area contributed by atoms with Gasteiger partial charge >= 0.3 is 0 Å². The number of benzene rings is 16. The van der Waals surface area contributed by atoms with E-state index in [1.54, 1.807) is 0 Å². The zero-order valence-corrected chi connectivity index (χ0v) is 52.0. The van der Waals surface area contributed by atoms with Crippen LogP contribution in [0.15, 0.2) is 332 Å². The Kier molecular flexibility index (Phi) is 14.1. The second-order valence-electron chi connectivity index (χ2n) is 23.6. The maximum Gasteiger partial charge on any atom is 0.0561 e. The highest BCUT2D eigenvalue weighted by Crippen LogP contribution is 2.44. The lowest BCUT2D eigenvalue weighted by atomic mass is 9.94. The molecule has 5 heteroatoms. The lowest BCUT2D eigenvalue weighted by Gasteiger charge is -2.26. The highest BCUT2D eigenvalue weighted by atomic mass is 79.9. The molecule has 0 atom stereocenters. The van der Waals surface area contributed by atoms with E-state index in [1.165, 1.54) is 125 Å². The summed E-state index contributed by atoms with van der Waals surface area (Å²) in [5.74, 6) is 0.